The largest absolute Gasteiger partial charge is 0.493 e. The number of carbonyl (C=O) groups is 1. The van der Waals surface area contributed by atoms with Gasteiger partial charge < -0.3 is 15.2 Å². The summed E-state index contributed by atoms with van der Waals surface area (Å²) in [5, 5.41) is 12.1. The minimum Gasteiger partial charge on any atom is -0.493 e. The van der Waals surface area contributed by atoms with Crippen LogP contribution in [0.4, 0.5) is 0 Å². The van der Waals surface area contributed by atoms with Crippen LogP contribution in [-0.2, 0) is 17.6 Å². The Morgan fingerprint density at radius 3 is 3.15 bits per heavy atom. The SMILES string of the molecule is CSCC[C@@H](CO)NC(=O)Cc1ccc2c(c1)CCO2. The Balaban J connectivity index is 1.87. The van der Waals surface area contributed by atoms with Gasteiger partial charge in [0.2, 0.25) is 5.91 Å². The number of carbonyl (C=O) groups excluding carboxylic acids is 1. The van der Waals surface area contributed by atoms with Crippen LogP contribution in [0.2, 0.25) is 0 Å². The maximum absolute atomic E-state index is 12.0. The van der Waals surface area contributed by atoms with Crippen molar-refractivity contribution in [1.82, 2.24) is 5.32 Å². The Morgan fingerprint density at radius 2 is 2.40 bits per heavy atom. The van der Waals surface area contributed by atoms with Crippen LogP contribution in [-0.4, -0.2) is 42.3 Å². The standard InChI is InChI=1S/C15H21NO3S/c1-20-7-5-13(10-17)16-15(18)9-11-2-3-14-12(8-11)4-6-19-14/h2-3,8,13,17H,4-7,9-10H2,1H3,(H,16,18)/t13-/m0/s1. The Labute approximate surface area is 123 Å². The zero-order valence-corrected chi connectivity index (χ0v) is 12.5. The third kappa shape index (κ3) is 4.15. The highest BCUT2D eigenvalue weighted by Crippen LogP contribution is 2.25. The van der Waals surface area contributed by atoms with Crippen molar-refractivity contribution in [3.8, 4) is 5.75 Å². The van der Waals surface area contributed by atoms with Crippen molar-refractivity contribution in [3.63, 3.8) is 0 Å². The number of benzene rings is 1. The molecule has 0 aromatic heterocycles. The molecule has 0 saturated heterocycles. The third-order valence-electron chi connectivity index (χ3n) is 3.37. The van der Waals surface area contributed by atoms with Crippen LogP contribution in [0.25, 0.3) is 0 Å². The first-order valence-corrected chi connectivity index (χ1v) is 8.26. The highest BCUT2D eigenvalue weighted by molar-refractivity contribution is 7.98. The second-order valence-corrected chi connectivity index (χ2v) is 5.93. The van der Waals surface area contributed by atoms with Crippen LogP contribution < -0.4 is 10.1 Å². The van der Waals surface area contributed by atoms with Crippen LogP contribution in [0.1, 0.15) is 17.5 Å². The normalized spacial score (nSPS) is 14.5. The first-order valence-electron chi connectivity index (χ1n) is 6.86. The number of aliphatic hydroxyl groups excluding tert-OH is 1. The van der Waals surface area contributed by atoms with Crippen molar-refractivity contribution < 1.29 is 14.6 Å². The molecule has 2 rings (SSSR count). The molecule has 0 unspecified atom stereocenters. The third-order valence-corrected chi connectivity index (χ3v) is 4.02. The van der Waals surface area contributed by atoms with Gasteiger partial charge in [-0.25, -0.2) is 0 Å². The van der Waals surface area contributed by atoms with Crippen LogP contribution in [0, 0.1) is 0 Å². The number of hydrogen-bond acceptors (Lipinski definition) is 4. The average Bonchev–Trinajstić information content (AvgIpc) is 2.90. The van der Waals surface area contributed by atoms with Gasteiger partial charge in [0.1, 0.15) is 5.75 Å². The van der Waals surface area contributed by atoms with Gasteiger partial charge in [-0.2, -0.15) is 11.8 Å². The molecule has 110 valence electrons. The number of fused-ring (bicyclic) bond motifs is 1. The molecule has 20 heavy (non-hydrogen) atoms. The van der Waals surface area contributed by atoms with Gasteiger partial charge >= 0.3 is 0 Å². The molecule has 1 aliphatic rings. The van der Waals surface area contributed by atoms with Crippen molar-refractivity contribution in [2.75, 3.05) is 25.2 Å². The van der Waals surface area contributed by atoms with E-state index in [1.807, 2.05) is 24.5 Å². The van der Waals surface area contributed by atoms with E-state index in [2.05, 4.69) is 5.32 Å². The lowest BCUT2D eigenvalue weighted by Crippen LogP contribution is -2.38. The quantitative estimate of drug-likeness (QED) is 0.798. The van der Waals surface area contributed by atoms with Gasteiger partial charge in [0, 0.05) is 6.42 Å². The molecule has 1 heterocycles. The summed E-state index contributed by atoms with van der Waals surface area (Å²) in [4.78, 5) is 12.0. The Bertz CT molecular complexity index is 464. The van der Waals surface area contributed by atoms with E-state index in [0.717, 1.165) is 36.5 Å². The predicted molar refractivity (Wildman–Crippen MR) is 81.4 cm³/mol. The van der Waals surface area contributed by atoms with Crippen LogP contribution >= 0.6 is 11.8 Å². The summed E-state index contributed by atoms with van der Waals surface area (Å²) in [6.45, 7) is 0.719. The number of nitrogens with one attached hydrogen (secondary N) is 1. The zero-order valence-electron chi connectivity index (χ0n) is 11.7. The van der Waals surface area contributed by atoms with E-state index in [0.29, 0.717) is 6.42 Å². The fourth-order valence-corrected chi connectivity index (χ4v) is 2.80. The van der Waals surface area contributed by atoms with Crippen LogP contribution in [0.3, 0.4) is 0 Å². The lowest BCUT2D eigenvalue weighted by molar-refractivity contribution is -0.121. The summed E-state index contributed by atoms with van der Waals surface area (Å²) in [5.74, 6) is 1.83. The lowest BCUT2D eigenvalue weighted by Gasteiger charge is -2.15. The molecule has 2 N–H and O–H groups in total. The Kier molecular flexibility index (Phi) is 5.73. The fraction of sp³-hybridized carbons (Fsp3) is 0.533. The van der Waals surface area contributed by atoms with Crippen molar-refractivity contribution in [2.45, 2.75) is 25.3 Å². The maximum Gasteiger partial charge on any atom is 0.224 e. The Morgan fingerprint density at radius 1 is 1.55 bits per heavy atom. The summed E-state index contributed by atoms with van der Waals surface area (Å²) < 4.78 is 5.45. The molecule has 1 aliphatic heterocycles. The first kappa shape index (κ1) is 15.2. The van der Waals surface area contributed by atoms with Crippen LogP contribution in [0.5, 0.6) is 5.75 Å². The lowest BCUT2D eigenvalue weighted by atomic mass is 10.1. The van der Waals surface area contributed by atoms with Crippen molar-refractivity contribution in [2.24, 2.45) is 0 Å². The minimum absolute atomic E-state index is 0.00960. The van der Waals surface area contributed by atoms with Gasteiger partial charge in [-0.05, 0) is 35.6 Å². The van der Waals surface area contributed by atoms with Crippen molar-refractivity contribution in [3.05, 3.63) is 29.3 Å². The second kappa shape index (κ2) is 7.55. The van der Waals surface area contributed by atoms with Gasteiger partial charge in [0.15, 0.2) is 0 Å². The molecule has 0 fully saturated rings. The molecule has 1 aromatic carbocycles. The summed E-state index contributed by atoms with van der Waals surface area (Å²) in [7, 11) is 0. The van der Waals surface area contributed by atoms with Gasteiger partial charge in [-0.15, -0.1) is 0 Å². The summed E-state index contributed by atoms with van der Waals surface area (Å²) in [5.41, 5.74) is 2.17. The van der Waals surface area contributed by atoms with Gasteiger partial charge in [0.05, 0.1) is 25.7 Å². The average molecular weight is 295 g/mol. The first-order chi connectivity index (χ1) is 9.72. The summed E-state index contributed by atoms with van der Waals surface area (Å²) >= 11 is 1.71. The number of hydrogen-bond donors (Lipinski definition) is 2. The number of ether oxygens (including phenoxy) is 1. The maximum atomic E-state index is 12.0. The number of rotatable bonds is 7. The number of thioether (sulfide) groups is 1. The van der Waals surface area contributed by atoms with Crippen molar-refractivity contribution >= 4 is 17.7 Å². The molecule has 0 radical (unpaired) electrons. The topological polar surface area (TPSA) is 58.6 Å². The molecule has 1 amide bonds. The molecule has 0 saturated carbocycles. The molecule has 5 heteroatoms. The highest BCUT2D eigenvalue weighted by Gasteiger charge is 2.15. The molecule has 1 atom stereocenters. The minimum atomic E-state index is -0.146. The van der Waals surface area contributed by atoms with Crippen LogP contribution in [0.15, 0.2) is 18.2 Å². The van der Waals surface area contributed by atoms with Crippen molar-refractivity contribution in [1.29, 1.82) is 0 Å². The predicted octanol–water partition coefficient (Wildman–Crippen LogP) is 1.39. The van der Waals surface area contributed by atoms with Gasteiger partial charge in [-0.3, -0.25) is 4.79 Å². The van der Waals surface area contributed by atoms with E-state index in [9.17, 15) is 9.90 Å². The molecule has 0 spiro atoms. The molecule has 0 bridgehead atoms. The molecule has 1 aromatic rings. The number of aliphatic hydroxyl groups is 1. The Hall–Kier alpha value is -1.20. The van der Waals surface area contributed by atoms with E-state index in [-0.39, 0.29) is 18.6 Å². The zero-order chi connectivity index (χ0) is 14.4. The molecular weight excluding hydrogens is 274 g/mol. The molecular formula is C15H21NO3S. The fourth-order valence-electron chi connectivity index (χ4n) is 2.28. The summed E-state index contributed by atoms with van der Waals surface area (Å²) in [6, 6.07) is 5.76. The highest BCUT2D eigenvalue weighted by atomic mass is 32.2. The van der Waals surface area contributed by atoms with E-state index in [4.69, 9.17) is 4.74 Å². The van der Waals surface area contributed by atoms with E-state index >= 15 is 0 Å². The van der Waals surface area contributed by atoms with Gasteiger partial charge in [-0.1, -0.05) is 12.1 Å². The summed E-state index contributed by atoms with van der Waals surface area (Å²) in [6.07, 6.45) is 4.07. The molecule has 4 nitrogen and oxygen atoms in total. The van der Waals surface area contributed by atoms with E-state index in [1.54, 1.807) is 11.8 Å². The van der Waals surface area contributed by atoms with Gasteiger partial charge in [0.25, 0.3) is 0 Å². The van der Waals surface area contributed by atoms with E-state index in [1.165, 1.54) is 5.56 Å². The molecule has 0 aliphatic carbocycles. The van der Waals surface area contributed by atoms with E-state index < -0.39 is 0 Å². The smallest absolute Gasteiger partial charge is 0.224 e. The monoisotopic (exact) mass is 295 g/mol. The number of amides is 1. The second-order valence-electron chi connectivity index (χ2n) is 4.95.